The molecule has 3 aromatic carbocycles. The van der Waals surface area contributed by atoms with Gasteiger partial charge in [-0.2, -0.15) is 0 Å². The number of sulfonamides is 1. The molecule has 8 heteroatoms. The molecular formula is C24H26N2O5S. The summed E-state index contributed by atoms with van der Waals surface area (Å²) in [6.45, 7) is 0.139. The van der Waals surface area contributed by atoms with E-state index in [-0.39, 0.29) is 32.2 Å². The number of carbonyl (C=O) groups is 1. The van der Waals surface area contributed by atoms with Crippen molar-refractivity contribution in [2.45, 2.75) is 6.42 Å². The Hall–Kier alpha value is -3.20. The Labute approximate surface area is 187 Å². The van der Waals surface area contributed by atoms with Gasteiger partial charge >= 0.3 is 0 Å². The molecule has 7 nitrogen and oxygen atoms in total. The van der Waals surface area contributed by atoms with Crippen LogP contribution in [0.3, 0.4) is 0 Å². The number of hydrogen-bond donors (Lipinski definition) is 3. The molecule has 0 heterocycles. The summed E-state index contributed by atoms with van der Waals surface area (Å²) in [4.78, 5) is 11.7. The minimum atomic E-state index is -3.55. The van der Waals surface area contributed by atoms with E-state index in [0.29, 0.717) is 12.2 Å². The van der Waals surface area contributed by atoms with Gasteiger partial charge in [-0.3, -0.25) is 4.79 Å². The van der Waals surface area contributed by atoms with Crippen molar-refractivity contribution in [2.75, 3.05) is 26.3 Å². The van der Waals surface area contributed by atoms with Gasteiger partial charge in [0.05, 0.1) is 6.61 Å². The fraction of sp³-hybridized carbons (Fsp3) is 0.208. The molecule has 0 aliphatic carbocycles. The lowest BCUT2D eigenvalue weighted by atomic mass is 10.0. The SMILES string of the molecule is O=C(COc1cccc2c(CCNS(=O)(=O)C=Cc3ccccc3)cccc12)NCCO. The molecule has 32 heavy (non-hydrogen) atoms. The minimum absolute atomic E-state index is 0.130. The van der Waals surface area contributed by atoms with Crippen molar-refractivity contribution in [1.82, 2.24) is 10.0 Å². The first kappa shape index (κ1) is 23.5. The van der Waals surface area contributed by atoms with E-state index in [1.54, 1.807) is 12.1 Å². The van der Waals surface area contributed by atoms with Crippen LogP contribution in [-0.4, -0.2) is 45.7 Å². The third kappa shape index (κ3) is 6.91. The van der Waals surface area contributed by atoms with Gasteiger partial charge in [-0.25, -0.2) is 13.1 Å². The van der Waals surface area contributed by atoms with Gasteiger partial charge in [0.2, 0.25) is 10.0 Å². The van der Waals surface area contributed by atoms with E-state index < -0.39 is 10.0 Å². The Kier molecular flexibility index (Phi) is 8.38. The van der Waals surface area contributed by atoms with Crippen molar-refractivity contribution < 1.29 is 23.1 Å². The summed E-state index contributed by atoms with van der Waals surface area (Å²) >= 11 is 0. The Morgan fingerprint density at radius 1 is 0.938 bits per heavy atom. The van der Waals surface area contributed by atoms with Crippen molar-refractivity contribution in [1.29, 1.82) is 0 Å². The Morgan fingerprint density at radius 2 is 1.69 bits per heavy atom. The molecule has 0 radical (unpaired) electrons. The van der Waals surface area contributed by atoms with Crippen LogP contribution in [0.25, 0.3) is 16.8 Å². The maximum Gasteiger partial charge on any atom is 0.258 e. The van der Waals surface area contributed by atoms with Crippen LogP contribution < -0.4 is 14.8 Å². The number of nitrogens with one attached hydrogen (secondary N) is 2. The van der Waals surface area contributed by atoms with Crippen molar-refractivity contribution >= 4 is 32.8 Å². The third-order valence-electron chi connectivity index (χ3n) is 4.70. The topological polar surface area (TPSA) is 105 Å². The Balaban J connectivity index is 1.64. The zero-order chi connectivity index (χ0) is 22.8. The van der Waals surface area contributed by atoms with Crippen molar-refractivity contribution in [3.05, 3.63) is 83.3 Å². The predicted molar refractivity (Wildman–Crippen MR) is 126 cm³/mol. The van der Waals surface area contributed by atoms with Crippen LogP contribution in [0.2, 0.25) is 0 Å². The average Bonchev–Trinajstić information content (AvgIpc) is 2.81. The summed E-state index contributed by atoms with van der Waals surface area (Å²) in [5.74, 6) is 0.250. The number of carbonyl (C=O) groups excluding carboxylic acids is 1. The van der Waals surface area contributed by atoms with Gasteiger partial charge in [-0.15, -0.1) is 0 Å². The Morgan fingerprint density at radius 3 is 2.47 bits per heavy atom. The molecule has 0 aliphatic rings. The summed E-state index contributed by atoms with van der Waals surface area (Å²) in [7, 11) is -3.55. The number of aliphatic hydroxyl groups excluding tert-OH is 1. The van der Waals surface area contributed by atoms with Crippen molar-refractivity contribution in [2.24, 2.45) is 0 Å². The van der Waals surface area contributed by atoms with Crippen molar-refractivity contribution in [3.8, 4) is 5.75 Å². The average molecular weight is 455 g/mol. The summed E-state index contributed by atoms with van der Waals surface area (Å²) in [6, 6.07) is 20.5. The maximum atomic E-state index is 12.3. The van der Waals surface area contributed by atoms with E-state index >= 15 is 0 Å². The molecule has 1 amide bonds. The summed E-state index contributed by atoms with van der Waals surface area (Å²) in [5, 5.41) is 14.2. The molecule has 0 saturated heterocycles. The second-order valence-electron chi connectivity index (χ2n) is 7.03. The number of benzene rings is 3. The number of fused-ring (bicyclic) bond motifs is 1. The molecule has 3 aromatic rings. The maximum absolute atomic E-state index is 12.3. The van der Waals surface area contributed by atoms with Crippen LogP contribution in [0.5, 0.6) is 5.75 Å². The number of aliphatic hydroxyl groups is 1. The molecule has 168 valence electrons. The molecule has 0 aromatic heterocycles. The third-order valence-corrected chi connectivity index (χ3v) is 5.80. The van der Waals surface area contributed by atoms with Crippen LogP contribution in [0.4, 0.5) is 0 Å². The molecule has 3 rings (SSSR count). The lowest BCUT2D eigenvalue weighted by molar-refractivity contribution is -0.123. The molecule has 0 atom stereocenters. The lowest BCUT2D eigenvalue weighted by Gasteiger charge is -2.12. The van der Waals surface area contributed by atoms with E-state index in [1.807, 2.05) is 60.7 Å². The van der Waals surface area contributed by atoms with Gasteiger partial charge in [0.25, 0.3) is 5.91 Å². The number of ether oxygens (including phenoxy) is 1. The van der Waals surface area contributed by atoms with Gasteiger partial charge in [0.15, 0.2) is 6.61 Å². The molecule has 0 saturated carbocycles. The fourth-order valence-corrected chi connectivity index (χ4v) is 4.01. The first-order valence-corrected chi connectivity index (χ1v) is 11.8. The second kappa shape index (κ2) is 11.4. The summed E-state index contributed by atoms with van der Waals surface area (Å²) in [6.07, 6.45) is 2.05. The van der Waals surface area contributed by atoms with Gasteiger partial charge in [-0.05, 0) is 35.1 Å². The molecule has 0 unspecified atom stereocenters. The normalized spacial score (nSPS) is 11.7. The largest absolute Gasteiger partial charge is 0.483 e. The zero-order valence-electron chi connectivity index (χ0n) is 17.5. The van der Waals surface area contributed by atoms with Crippen LogP contribution in [0.1, 0.15) is 11.1 Å². The zero-order valence-corrected chi connectivity index (χ0v) is 18.3. The van der Waals surface area contributed by atoms with Gasteiger partial charge in [0, 0.05) is 23.9 Å². The highest BCUT2D eigenvalue weighted by molar-refractivity contribution is 7.92. The van der Waals surface area contributed by atoms with Crippen LogP contribution in [-0.2, 0) is 21.2 Å². The molecule has 3 N–H and O–H groups in total. The minimum Gasteiger partial charge on any atom is -0.483 e. The standard InChI is InChI=1S/C24H26N2O5S/c27-16-15-25-24(28)18-31-23-11-5-9-21-20(8-4-10-22(21)23)12-14-26-32(29,30)17-13-19-6-2-1-3-7-19/h1-11,13,17,26-27H,12,14-16,18H2,(H,25,28). The van der Waals surface area contributed by atoms with E-state index in [9.17, 15) is 13.2 Å². The predicted octanol–water partition coefficient (Wildman–Crippen LogP) is 2.46. The first-order chi connectivity index (χ1) is 15.5. The lowest BCUT2D eigenvalue weighted by Crippen LogP contribution is -2.31. The fourth-order valence-electron chi connectivity index (χ4n) is 3.19. The Bertz CT molecular complexity index is 1180. The van der Waals surface area contributed by atoms with E-state index in [0.717, 1.165) is 21.9 Å². The monoisotopic (exact) mass is 454 g/mol. The number of rotatable bonds is 11. The molecule has 0 fully saturated rings. The highest BCUT2D eigenvalue weighted by Gasteiger charge is 2.10. The molecule has 0 aliphatic heterocycles. The van der Waals surface area contributed by atoms with E-state index in [1.165, 1.54) is 5.41 Å². The van der Waals surface area contributed by atoms with Crippen LogP contribution >= 0.6 is 0 Å². The summed E-state index contributed by atoms with van der Waals surface area (Å²) < 4.78 is 32.8. The van der Waals surface area contributed by atoms with Gasteiger partial charge in [-0.1, -0.05) is 60.7 Å². The highest BCUT2D eigenvalue weighted by atomic mass is 32.2. The highest BCUT2D eigenvalue weighted by Crippen LogP contribution is 2.28. The van der Waals surface area contributed by atoms with Crippen LogP contribution in [0.15, 0.2) is 72.1 Å². The quantitative estimate of drug-likeness (QED) is 0.413. The van der Waals surface area contributed by atoms with E-state index in [4.69, 9.17) is 9.84 Å². The number of amides is 1. The van der Waals surface area contributed by atoms with Gasteiger partial charge < -0.3 is 15.2 Å². The first-order valence-electron chi connectivity index (χ1n) is 10.2. The molecular weight excluding hydrogens is 428 g/mol. The molecule has 0 bridgehead atoms. The van der Waals surface area contributed by atoms with Crippen molar-refractivity contribution in [3.63, 3.8) is 0 Å². The number of hydrogen-bond acceptors (Lipinski definition) is 5. The van der Waals surface area contributed by atoms with E-state index in [2.05, 4.69) is 10.0 Å². The van der Waals surface area contributed by atoms with Crippen LogP contribution in [0, 0.1) is 0 Å². The second-order valence-corrected chi connectivity index (χ2v) is 8.68. The summed E-state index contributed by atoms with van der Waals surface area (Å²) in [5.41, 5.74) is 1.77. The molecule has 0 spiro atoms. The smallest absolute Gasteiger partial charge is 0.258 e. The van der Waals surface area contributed by atoms with Gasteiger partial charge in [0.1, 0.15) is 5.75 Å².